The van der Waals surface area contributed by atoms with Crippen LogP contribution in [0.25, 0.3) is 11.4 Å². The van der Waals surface area contributed by atoms with Gasteiger partial charge in [0.1, 0.15) is 11.5 Å². The van der Waals surface area contributed by atoms with Gasteiger partial charge in [-0.25, -0.2) is 18.1 Å². The molecule has 1 aliphatic carbocycles. The fourth-order valence-electron chi connectivity index (χ4n) is 5.83. The van der Waals surface area contributed by atoms with Crippen molar-refractivity contribution in [2.75, 3.05) is 24.6 Å². The van der Waals surface area contributed by atoms with E-state index >= 15 is 0 Å². The summed E-state index contributed by atoms with van der Waals surface area (Å²) in [5.41, 5.74) is 0.346. The highest BCUT2D eigenvalue weighted by Gasteiger charge is 2.53. The number of alkyl halides is 2. The summed E-state index contributed by atoms with van der Waals surface area (Å²) in [5.74, 6) is -0.575. The molecule has 4 heterocycles. The molecule has 1 spiro atoms. The van der Waals surface area contributed by atoms with E-state index in [9.17, 15) is 17.2 Å². The first kappa shape index (κ1) is 26.1. The number of hydrogen-bond acceptors (Lipinski definition) is 6. The quantitative estimate of drug-likeness (QED) is 0.575. The molecular formula is C25H37F2N5O2S. The molecule has 2 aliphatic heterocycles. The largest absolute Gasteiger partial charge is 0.300 e. The van der Waals surface area contributed by atoms with Gasteiger partial charge in [-0.15, -0.1) is 0 Å². The van der Waals surface area contributed by atoms with Crippen molar-refractivity contribution in [1.82, 2.24) is 24.6 Å². The van der Waals surface area contributed by atoms with Gasteiger partial charge in [0, 0.05) is 48.6 Å². The molecule has 10 heteroatoms. The first-order valence-corrected chi connectivity index (χ1v) is 14.5. The number of halogens is 2. The zero-order valence-electron chi connectivity index (χ0n) is 21.3. The van der Waals surface area contributed by atoms with Gasteiger partial charge in [0.25, 0.3) is 5.92 Å². The van der Waals surface area contributed by atoms with Gasteiger partial charge in [-0.2, -0.15) is 13.9 Å². The summed E-state index contributed by atoms with van der Waals surface area (Å²) in [7, 11) is -2.82. The molecular weight excluding hydrogens is 472 g/mol. The van der Waals surface area contributed by atoms with E-state index in [0.717, 1.165) is 51.5 Å². The Kier molecular flexibility index (Phi) is 7.09. The highest BCUT2D eigenvalue weighted by molar-refractivity contribution is 7.92. The maximum absolute atomic E-state index is 13.5. The van der Waals surface area contributed by atoms with Crippen molar-refractivity contribution in [3.8, 4) is 11.4 Å². The van der Waals surface area contributed by atoms with E-state index in [2.05, 4.69) is 23.7 Å². The summed E-state index contributed by atoms with van der Waals surface area (Å²) in [6, 6.07) is 3.51. The number of sulfone groups is 1. The molecule has 194 valence electrons. The van der Waals surface area contributed by atoms with Crippen LogP contribution in [0, 0.1) is 5.41 Å². The SMILES string of the molecule is CC.CC(C)n1nc(-c2ccc(C(C)(F)F)nc2)nc1[C@@H]1CC[C@@H](N2CCC3(C2)CS(=O)(=O)C3)C1. The maximum atomic E-state index is 13.5. The molecule has 5 rings (SSSR count). The molecule has 35 heavy (non-hydrogen) atoms. The molecule has 7 nitrogen and oxygen atoms in total. The molecule has 3 aliphatic rings. The summed E-state index contributed by atoms with van der Waals surface area (Å²) in [5, 5.41) is 4.70. The summed E-state index contributed by atoms with van der Waals surface area (Å²) >= 11 is 0. The van der Waals surface area contributed by atoms with E-state index < -0.39 is 15.8 Å². The van der Waals surface area contributed by atoms with Gasteiger partial charge in [0.05, 0.1) is 11.5 Å². The minimum atomic E-state index is -2.98. The van der Waals surface area contributed by atoms with Crippen molar-refractivity contribution in [1.29, 1.82) is 0 Å². The van der Waals surface area contributed by atoms with Crippen LogP contribution in [0.5, 0.6) is 0 Å². The van der Waals surface area contributed by atoms with E-state index in [0.29, 0.717) is 28.9 Å². The Balaban J connectivity index is 0.00000141. The van der Waals surface area contributed by atoms with Gasteiger partial charge < -0.3 is 0 Å². The van der Waals surface area contributed by atoms with Crippen LogP contribution in [0.2, 0.25) is 0 Å². The van der Waals surface area contributed by atoms with Crippen LogP contribution in [-0.2, 0) is 15.8 Å². The first-order valence-electron chi connectivity index (χ1n) is 12.7. The number of nitrogens with zero attached hydrogens (tertiary/aromatic N) is 5. The third-order valence-corrected chi connectivity index (χ3v) is 9.53. The molecule has 0 amide bonds. The number of hydrogen-bond donors (Lipinski definition) is 0. The zero-order chi connectivity index (χ0) is 25.6. The van der Waals surface area contributed by atoms with E-state index in [1.54, 1.807) is 6.07 Å². The first-order chi connectivity index (χ1) is 16.4. The van der Waals surface area contributed by atoms with Gasteiger partial charge in [-0.3, -0.25) is 9.88 Å². The lowest BCUT2D eigenvalue weighted by Gasteiger charge is -2.38. The van der Waals surface area contributed by atoms with Crippen LogP contribution >= 0.6 is 0 Å². The molecule has 3 fully saturated rings. The number of aromatic nitrogens is 4. The number of likely N-dealkylation sites (tertiary alicyclic amines) is 1. The van der Waals surface area contributed by atoms with Crippen LogP contribution < -0.4 is 0 Å². The van der Waals surface area contributed by atoms with Gasteiger partial charge in [0.2, 0.25) is 0 Å². The second-order valence-electron chi connectivity index (χ2n) is 10.6. The van der Waals surface area contributed by atoms with E-state index in [4.69, 9.17) is 10.1 Å². The fraction of sp³-hybridized carbons (Fsp3) is 0.720. The van der Waals surface area contributed by atoms with Crippen molar-refractivity contribution in [2.45, 2.75) is 84.2 Å². The van der Waals surface area contributed by atoms with Crippen LogP contribution in [-0.4, -0.2) is 63.7 Å². The summed E-state index contributed by atoms with van der Waals surface area (Å²) in [6.07, 6.45) is 5.45. The summed E-state index contributed by atoms with van der Waals surface area (Å²) in [4.78, 5) is 11.2. The topological polar surface area (TPSA) is 81.0 Å². The Morgan fingerprint density at radius 2 is 1.89 bits per heavy atom. The molecule has 1 saturated carbocycles. The smallest absolute Gasteiger partial charge is 0.286 e. The second kappa shape index (κ2) is 9.50. The molecule has 2 saturated heterocycles. The van der Waals surface area contributed by atoms with E-state index in [-0.39, 0.29) is 23.1 Å². The lowest BCUT2D eigenvalue weighted by atomic mass is 9.91. The number of rotatable bonds is 5. The molecule has 2 aromatic heterocycles. The Morgan fingerprint density at radius 1 is 1.17 bits per heavy atom. The van der Waals surface area contributed by atoms with Crippen molar-refractivity contribution < 1.29 is 17.2 Å². The minimum absolute atomic E-state index is 0.0174. The Hall–Kier alpha value is -1.94. The average molecular weight is 510 g/mol. The van der Waals surface area contributed by atoms with Gasteiger partial charge in [-0.05, 0) is 58.2 Å². The van der Waals surface area contributed by atoms with Crippen LogP contribution in [0.15, 0.2) is 18.3 Å². The highest BCUT2D eigenvalue weighted by Crippen LogP contribution is 2.45. The molecule has 0 unspecified atom stereocenters. The summed E-state index contributed by atoms with van der Waals surface area (Å²) < 4.78 is 52.4. The Labute approximate surface area is 207 Å². The maximum Gasteiger partial charge on any atom is 0.286 e. The molecule has 2 atom stereocenters. The zero-order valence-corrected chi connectivity index (χ0v) is 22.2. The molecule has 0 N–H and O–H groups in total. The van der Waals surface area contributed by atoms with Gasteiger partial charge in [-0.1, -0.05) is 13.8 Å². The standard InChI is InChI=1S/C23H31F2N5O2S.C2H6/c1-15(2)30-21(27-20(28-30)17-5-7-19(26-11-17)22(3,24)25)16-4-6-18(10-16)29-9-8-23(12-29)13-33(31,32)14-23;1-2/h5,7,11,15-16,18H,4,6,8-10,12-14H2,1-3H3;1-2H3/t16-,18-;/m1./s1. The fourth-order valence-corrected chi connectivity index (χ4v) is 8.09. The lowest BCUT2D eigenvalue weighted by Crippen LogP contribution is -2.50. The molecule has 0 bridgehead atoms. The normalized spacial score (nSPS) is 25.5. The molecule has 2 aromatic rings. The highest BCUT2D eigenvalue weighted by atomic mass is 32.2. The predicted octanol–water partition coefficient (Wildman–Crippen LogP) is 4.82. The van der Waals surface area contributed by atoms with E-state index in [1.807, 2.05) is 18.5 Å². The minimum Gasteiger partial charge on any atom is -0.300 e. The predicted molar refractivity (Wildman–Crippen MR) is 132 cm³/mol. The van der Waals surface area contributed by atoms with Crippen molar-refractivity contribution >= 4 is 9.84 Å². The van der Waals surface area contributed by atoms with Gasteiger partial charge >= 0.3 is 0 Å². The average Bonchev–Trinajstić information content (AvgIpc) is 3.51. The van der Waals surface area contributed by atoms with Crippen LogP contribution in [0.1, 0.15) is 83.8 Å². The Morgan fingerprint density at radius 3 is 2.46 bits per heavy atom. The van der Waals surface area contributed by atoms with Crippen molar-refractivity contribution in [3.63, 3.8) is 0 Å². The monoisotopic (exact) mass is 509 g/mol. The van der Waals surface area contributed by atoms with Crippen LogP contribution in [0.3, 0.4) is 0 Å². The third kappa shape index (κ3) is 5.28. The Bertz CT molecular complexity index is 1130. The molecule has 0 aromatic carbocycles. The van der Waals surface area contributed by atoms with E-state index in [1.165, 1.54) is 12.3 Å². The second-order valence-corrected chi connectivity index (χ2v) is 12.6. The van der Waals surface area contributed by atoms with Crippen molar-refractivity contribution in [3.05, 3.63) is 29.8 Å². The van der Waals surface area contributed by atoms with Crippen molar-refractivity contribution in [2.24, 2.45) is 5.41 Å². The summed E-state index contributed by atoms with van der Waals surface area (Å²) in [6.45, 7) is 10.8. The molecule has 0 radical (unpaired) electrons. The third-order valence-electron chi connectivity index (χ3n) is 7.42. The lowest BCUT2D eigenvalue weighted by molar-refractivity contribution is 0.0128. The van der Waals surface area contributed by atoms with Gasteiger partial charge in [0.15, 0.2) is 15.7 Å². The van der Waals surface area contributed by atoms with Crippen LogP contribution in [0.4, 0.5) is 8.78 Å². The number of pyridine rings is 1.